The molecule has 1 aromatic heterocycles. The summed E-state index contributed by atoms with van der Waals surface area (Å²) in [4.78, 5) is 38.5. The zero-order valence-electron chi connectivity index (χ0n) is 23.5. The van der Waals surface area contributed by atoms with E-state index in [1.165, 1.54) is 12.1 Å². The number of aliphatic hydroxyl groups is 1. The predicted octanol–water partition coefficient (Wildman–Crippen LogP) is 2.10. The van der Waals surface area contributed by atoms with E-state index in [1.807, 2.05) is 0 Å². The number of hydrogen-bond acceptors (Lipinski definition) is 9. The van der Waals surface area contributed by atoms with Gasteiger partial charge in [0.05, 0.1) is 16.5 Å². The summed E-state index contributed by atoms with van der Waals surface area (Å²) in [7, 11) is -3.34. The van der Waals surface area contributed by atoms with Crippen LogP contribution in [0.1, 0.15) is 21.5 Å². The number of rotatable bonds is 11. The molecule has 0 spiro atoms. The molecular weight excluding hydrogens is 548 g/mol. The van der Waals surface area contributed by atoms with Gasteiger partial charge in [-0.2, -0.15) is 5.09 Å². The molecule has 0 amide bonds. The lowest BCUT2D eigenvalue weighted by Crippen LogP contribution is -2.44. The van der Waals surface area contributed by atoms with Gasteiger partial charge in [-0.15, -0.1) is 0 Å². The summed E-state index contributed by atoms with van der Waals surface area (Å²) >= 11 is 0. The van der Waals surface area contributed by atoms with Gasteiger partial charge in [-0.05, 0) is 31.0 Å². The molecule has 12 nitrogen and oxygen atoms in total. The van der Waals surface area contributed by atoms with Crippen molar-refractivity contribution < 1.29 is 40.1 Å². The van der Waals surface area contributed by atoms with Crippen molar-refractivity contribution in [2.24, 2.45) is 0 Å². The van der Waals surface area contributed by atoms with Crippen molar-refractivity contribution in [1.82, 2.24) is 14.6 Å². The highest BCUT2D eigenvalue weighted by Gasteiger charge is 2.56. The van der Waals surface area contributed by atoms with Crippen LogP contribution in [0.3, 0.4) is 0 Å². The molecule has 40 heavy (non-hydrogen) atoms. The zero-order chi connectivity index (χ0) is 30.7. The Labute approximate surface area is 231 Å². The van der Waals surface area contributed by atoms with Crippen LogP contribution in [0.2, 0.25) is 0 Å². The normalized spacial score (nSPS) is 25.4. The SMILES string of the molecule is [2H]c1c([2H])n([C@@H]2O[C@H](COP(=O)(NC(Cc3ccccc3)C(=O)OC)Oc3ccccc3)[C@@H](O)[C@@]2(C)F)c(=O)[nH]c1=O. The molecule has 0 bridgehead atoms. The number of aromatic amines is 1. The number of carbonyl (C=O) groups is 1. The summed E-state index contributed by atoms with van der Waals surface area (Å²) in [6, 6.07) is 14.5. The Morgan fingerprint density at radius 1 is 1.25 bits per heavy atom. The van der Waals surface area contributed by atoms with E-state index in [-0.39, 0.29) is 12.2 Å². The standard InChI is InChI=1S/C26H29FN3O9P/c1-26(27)22(32)20(38-24(26)30-14-13-21(31)28-25(30)34)16-37-40(35,39-18-11-7-4-8-12-18)29-19(23(33)36-2)15-17-9-5-3-6-10-17/h3-14,19-20,22,24,32H,15-16H2,1-2H3,(H,29,35)(H,28,31,34)/t19?,20-,22-,24-,26-,40?/m1/s1/i13D,14D. The minimum absolute atomic E-state index is 0.0308. The third-order valence-electron chi connectivity index (χ3n) is 6.14. The summed E-state index contributed by atoms with van der Waals surface area (Å²) in [5.74, 6) is -0.682. The Balaban J connectivity index is 1.61. The molecule has 3 aromatic rings. The van der Waals surface area contributed by atoms with Crippen molar-refractivity contribution in [2.75, 3.05) is 13.7 Å². The fourth-order valence-corrected chi connectivity index (χ4v) is 5.59. The molecule has 214 valence electrons. The van der Waals surface area contributed by atoms with E-state index in [0.29, 0.717) is 10.1 Å². The van der Waals surface area contributed by atoms with Crippen molar-refractivity contribution >= 4 is 13.7 Å². The molecule has 6 atom stereocenters. The van der Waals surface area contributed by atoms with Gasteiger partial charge >= 0.3 is 19.4 Å². The number of para-hydroxylation sites is 1. The molecule has 2 aromatic carbocycles. The monoisotopic (exact) mass is 579 g/mol. The third kappa shape index (κ3) is 6.75. The van der Waals surface area contributed by atoms with Crippen molar-refractivity contribution in [3.05, 3.63) is 99.3 Å². The molecule has 14 heteroatoms. The number of hydrogen-bond donors (Lipinski definition) is 3. The number of carbonyl (C=O) groups excluding carboxylic acids is 1. The summed E-state index contributed by atoms with van der Waals surface area (Å²) in [6.45, 7) is 0.126. The number of nitrogens with zero attached hydrogens (tertiary/aromatic N) is 1. The average Bonchev–Trinajstić information content (AvgIpc) is 3.18. The lowest BCUT2D eigenvalue weighted by Gasteiger charge is -2.26. The van der Waals surface area contributed by atoms with Gasteiger partial charge in [-0.3, -0.25) is 23.7 Å². The summed E-state index contributed by atoms with van der Waals surface area (Å²) < 4.78 is 67.4. The average molecular weight is 580 g/mol. The first-order valence-electron chi connectivity index (χ1n) is 13.1. The Kier molecular flexibility index (Phi) is 8.17. The number of aliphatic hydroxyl groups excluding tert-OH is 1. The molecule has 0 aliphatic carbocycles. The fourth-order valence-electron chi connectivity index (χ4n) is 4.09. The zero-order valence-corrected chi connectivity index (χ0v) is 22.4. The highest BCUT2D eigenvalue weighted by Crippen LogP contribution is 2.47. The number of nitrogens with one attached hydrogen (secondary N) is 2. The minimum Gasteiger partial charge on any atom is -0.468 e. The molecule has 4 rings (SSSR count). The van der Waals surface area contributed by atoms with Crippen molar-refractivity contribution in [1.29, 1.82) is 0 Å². The van der Waals surface area contributed by atoms with E-state index in [0.717, 1.165) is 14.0 Å². The first kappa shape index (κ1) is 26.6. The van der Waals surface area contributed by atoms with Gasteiger partial charge in [0.1, 0.15) is 24.0 Å². The maximum absolute atomic E-state index is 15.8. The van der Waals surface area contributed by atoms with E-state index >= 15 is 4.39 Å². The van der Waals surface area contributed by atoms with Gasteiger partial charge in [0.15, 0.2) is 11.9 Å². The lowest BCUT2D eigenvalue weighted by molar-refractivity contribution is -0.142. The molecule has 1 saturated heterocycles. The van der Waals surface area contributed by atoms with Crippen molar-refractivity contribution in [2.45, 2.75) is 43.5 Å². The first-order valence-corrected chi connectivity index (χ1v) is 13.6. The van der Waals surface area contributed by atoms with Crippen LogP contribution in [-0.4, -0.2) is 58.3 Å². The number of H-pyrrole nitrogens is 1. The molecule has 0 saturated carbocycles. The van der Waals surface area contributed by atoms with E-state index < -0.39 is 73.9 Å². The first-order chi connectivity index (χ1) is 19.9. The molecule has 1 fully saturated rings. The Hall–Kier alpha value is -3.61. The van der Waals surface area contributed by atoms with Gasteiger partial charge in [0.2, 0.25) is 0 Å². The van der Waals surface area contributed by atoms with E-state index in [4.69, 9.17) is 21.3 Å². The molecular formula is C26H29FN3O9P. The fraction of sp³-hybridized carbons (Fsp3) is 0.346. The van der Waals surface area contributed by atoms with Crippen LogP contribution in [0.5, 0.6) is 5.75 Å². The number of alkyl halides is 1. The van der Waals surface area contributed by atoms with Gasteiger partial charge < -0.3 is 19.1 Å². The number of ether oxygens (including phenoxy) is 2. The molecule has 3 N–H and O–H groups in total. The summed E-state index contributed by atoms with van der Waals surface area (Å²) in [6.07, 6.45) is -6.42. The second-order valence-electron chi connectivity index (χ2n) is 9.08. The van der Waals surface area contributed by atoms with Gasteiger partial charge in [-0.25, -0.2) is 13.8 Å². The van der Waals surface area contributed by atoms with Crippen LogP contribution in [0.25, 0.3) is 0 Å². The topological polar surface area (TPSA) is 158 Å². The molecule has 2 heterocycles. The highest BCUT2D eigenvalue weighted by atomic mass is 31.2. The lowest BCUT2D eigenvalue weighted by atomic mass is 9.98. The smallest absolute Gasteiger partial charge is 0.459 e. The minimum atomic E-state index is -4.49. The number of halogens is 1. The molecule has 1 aliphatic rings. The maximum atomic E-state index is 15.8. The Bertz CT molecular complexity index is 1570. The largest absolute Gasteiger partial charge is 0.468 e. The van der Waals surface area contributed by atoms with Gasteiger partial charge in [-0.1, -0.05) is 48.5 Å². The quantitative estimate of drug-likeness (QED) is 0.227. The summed E-state index contributed by atoms with van der Waals surface area (Å²) in [5.41, 5.74) is -4.41. The van der Waals surface area contributed by atoms with Gasteiger partial charge in [0.25, 0.3) is 5.56 Å². The Morgan fingerprint density at radius 3 is 2.55 bits per heavy atom. The van der Waals surface area contributed by atoms with Crippen LogP contribution in [0.4, 0.5) is 4.39 Å². The molecule has 0 radical (unpaired) electrons. The van der Waals surface area contributed by atoms with E-state index in [2.05, 4.69) is 5.09 Å². The highest BCUT2D eigenvalue weighted by molar-refractivity contribution is 7.52. The second kappa shape index (κ2) is 12.3. The molecule has 1 aliphatic heterocycles. The van der Waals surface area contributed by atoms with Crippen LogP contribution >= 0.6 is 7.75 Å². The van der Waals surface area contributed by atoms with Crippen LogP contribution < -0.4 is 20.9 Å². The number of methoxy groups -OCH3 is 1. The van der Waals surface area contributed by atoms with Crippen LogP contribution in [-0.2, 0) is 29.8 Å². The maximum Gasteiger partial charge on any atom is 0.459 e. The predicted molar refractivity (Wildman–Crippen MR) is 140 cm³/mol. The number of aromatic nitrogens is 2. The van der Waals surface area contributed by atoms with Crippen LogP contribution in [0.15, 0.2) is 82.5 Å². The van der Waals surface area contributed by atoms with E-state index in [9.17, 15) is 24.1 Å². The Morgan fingerprint density at radius 2 is 1.90 bits per heavy atom. The second-order valence-corrected chi connectivity index (χ2v) is 10.8. The van der Waals surface area contributed by atoms with E-state index in [1.54, 1.807) is 53.5 Å². The van der Waals surface area contributed by atoms with Crippen molar-refractivity contribution in [3.8, 4) is 5.75 Å². The van der Waals surface area contributed by atoms with Crippen LogP contribution in [0, 0.1) is 0 Å². The molecule has 2 unspecified atom stereocenters. The van der Waals surface area contributed by atoms with Gasteiger partial charge in [0, 0.05) is 12.2 Å². The third-order valence-corrected chi connectivity index (χ3v) is 7.71. The number of benzene rings is 2. The number of esters is 1. The van der Waals surface area contributed by atoms with Crippen molar-refractivity contribution in [3.63, 3.8) is 0 Å². The summed E-state index contributed by atoms with van der Waals surface area (Å²) in [5, 5.41) is 13.3.